The first kappa shape index (κ1) is 13.4. The highest BCUT2D eigenvalue weighted by Crippen LogP contribution is 2.43. The van der Waals surface area contributed by atoms with Crippen molar-refractivity contribution >= 4 is 5.97 Å². The number of carbonyl (C=O) groups is 1. The summed E-state index contributed by atoms with van der Waals surface area (Å²) in [5.41, 5.74) is -0.0385. The van der Waals surface area contributed by atoms with Crippen LogP contribution in [0.3, 0.4) is 0 Å². The molecule has 0 spiro atoms. The Labute approximate surface area is 115 Å². The first-order valence-corrected chi connectivity index (χ1v) is 7.90. The number of hydrogen-bond acceptors (Lipinski definition) is 3. The largest absolute Gasteiger partial charge is 0.481 e. The second-order valence-electron chi connectivity index (χ2n) is 6.61. The molecule has 3 fully saturated rings. The van der Waals surface area contributed by atoms with Crippen molar-refractivity contribution in [3.05, 3.63) is 0 Å². The van der Waals surface area contributed by atoms with Crippen LogP contribution in [0.15, 0.2) is 0 Å². The van der Waals surface area contributed by atoms with Crippen molar-refractivity contribution in [2.45, 2.75) is 50.5 Å². The topological polar surface area (TPSA) is 43.8 Å². The van der Waals surface area contributed by atoms with Crippen LogP contribution in [0.5, 0.6) is 0 Å². The summed E-state index contributed by atoms with van der Waals surface area (Å²) in [5.74, 6) is -0.0277. The number of carboxylic acids is 1. The lowest BCUT2D eigenvalue weighted by Crippen LogP contribution is -2.59. The lowest BCUT2D eigenvalue weighted by atomic mass is 9.74. The number of fused-ring (bicyclic) bond motifs is 2. The van der Waals surface area contributed by atoms with Gasteiger partial charge < -0.3 is 10.0 Å². The van der Waals surface area contributed by atoms with Crippen LogP contribution < -0.4 is 0 Å². The number of nitrogens with zero attached hydrogens (tertiary/aromatic N) is 2. The Kier molecular flexibility index (Phi) is 3.81. The fourth-order valence-corrected chi connectivity index (χ4v) is 4.57. The summed E-state index contributed by atoms with van der Waals surface area (Å²) in [6, 6.07) is 0. The van der Waals surface area contributed by atoms with Crippen molar-refractivity contribution in [3.63, 3.8) is 0 Å². The summed E-state index contributed by atoms with van der Waals surface area (Å²) in [5, 5.41) is 9.42. The Bertz CT molecular complexity index is 339. The van der Waals surface area contributed by atoms with E-state index in [1.165, 1.54) is 38.6 Å². The minimum Gasteiger partial charge on any atom is -0.481 e. The number of rotatable bonds is 3. The van der Waals surface area contributed by atoms with E-state index in [9.17, 15) is 9.90 Å². The van der Waals surface area contributed by atoms with Gasteiger partial charge in [-0.25, -0.2) is 0 Å². The molecule has 0 amide bonds. The molecule has 0 aromatic heterocycles. The third kappa shape index (κ3) is 2.52. The SMILES string of the molecule is O=C(O)CC1(N2CCCCCC2)CCN2CCC1C2. The van der Waals surface area contributed by atoms with Crippen LogP contribution in [-0.4, -0.2) is 59.1 Å². The Hall–Kier alpha value is -0.610. The third-order valence-corrected chi connectivity index (χ3v) is 5.59. The van der Waals surface area contributed by atoms with Gasteiger partial charge in [-0.15, -0.1) is 0 Å². The van der Waals surface area contributed by atoms with E-state index in [4.69, 9.17) is 0 Å². The number of hydrogen-bond donors (Lipinski definition) is 1. The van der Waals surface area contributed by atoms with Crippen molar-refractivity contribution in [1.82, 2.24) is 9.80 Å². The molecule has 3 aliphatic rings. The summed E-state index contributed by atoms with van der Waals surface area (Å²) < 4.78 is 0. The molecule has 0 aliphatic carbocycles. The second-order valence-corrected chi connectivity index (χ2v) is 6.61. The van der Waals surface area contributed by atoms with Gasteiger partial charge in [0.15, 0.2) is 0 Å². The fourth-order valence-electron chi connectivity index (χ4n) is 4.57. The lowest BCUT2D eigenvalue weighted by Gasteiger charge is -2.50. The lowest BCUT2D eigenvalue weighted by molar-refractivity contribution is -0.143. The van der Waals surface area contributed by atoms with Gasteiger partial charge in [0.1, 0.15) is 0 Å². The summed E-state index contributed by atoms with van der Waals surface area (Å²) in [4.78, 5) is 16.5. The minimum atomic E-state index is -0.607. The summed E-state index contributed by atoms with van der Waals surface area (Å²) >= 11 is 0. The van der Waals surface area contributed by atoms with Crippen LogP contribution in [0.25, 0.3) is 0 Å². The Morgan fingerprint density at radius 3 is 2.53 bits per heavy atom. The van der Waals surface area contributed by atoms with Crippen LogP contribution in [0, 0.1) is 5.92 Å². The molecular weight excluding hydrogens is 240 g/mol. The second kappa shape index (κ2) is 5.41. The molecule has 4 heteroatoms. The zero-order chi connectivity index (χ0) is 13.3. The number of carboxylic acid groups (broad SMARTS) is 1. The Balaban J connectivity index is 1.84. The highest BCUT2D eigenvalue weighted by molar-refractivity contribution is 5.68. The van der Waals surface area contributed by atoms with Crippen molar-refractivity contribution in [2.75, 3.05) is 32.7 Å². The van der Waals surface area contributed by atoms with Gasteiger partial charge in [-0.2, -0.15) is 0 Å². The van der Waals surface area contributed by atoms with Gasteiger partial charge in [-0.3, -0.25) is 9.69 Å². The van der Waals surface area contributed by atoms with Gasteiger partial charge >= 0.3 is 5.97 Å². The summed E-state index contributed by atoms with van der Waals surface area (Å²) in [6.45, 7) is 5.64. The molecule has 0 aromatic carbocycles. The molecule has 108 valence electrons. The molecule has 3 rings (SSSR count). The molecule has 3 atom stereocenters. The number of likely N-dealkylation sites (tertiary alicyclic amines) is 1. The van der Waals surface area contributed by atoms with Crippen molar-refractivity contribution in [2.24, 2.45) is 5.92 Å². The van der Waals surface area contributed by atoms with E-state index >= 15 is 0 Å². The van der Waals surface area contributed by atoms with E-state index in [1.807, 2.05) is 0 Å². The maximum Gasteiger partial charge on any atom is 0.305 e. The molecule has 19 heavy (non-hydrogen) atoms. The van der Waals surface area contributed by atoms with Gasteiger partial charge in [0.2, 0.25) is 0 Å². The molecule has 1 N–H and O–H groups in total. The normalized spacial score (nSPS) is 40.0. The molecular formula is C15H26N2O2. The standard InChI is InChI=1S/C15H26N2O2/c18-14(19)11-15(17-7-3-1-2-4-8-17)6-10-16-9-5-13(15)12-16/h13H,1-12H2,(H,18,19). The van der Waals surface area contributed by atoms with Crippen molar-refractivity contribution in [1.29, 1.82) is 0 Å². The molecule has 2 bridgehead atoms. The highest BCUT2D eigenvalue weighted by atomic mass is 16.4. The van der Waals surface area contributed by atoms with Crippen LogP contribution in [0.4, 0.5) is 0 Å². The van der Waals surface area contributed by atoms with Crippen molar-refractivity contribution < 1.29 is 9.90 Å². The zero-order valence-electron chi connectivity index (χ0n) is 11.8. The molecule has 4 nitrogen and oxygen atoms in total. The average molecular weight is 266 g/mol. The maximum absolute atomic E-state index is 11.4. The molecule has 0 aromatic rings. The third-order valence-electron chi connectivity index (χ3n) is 5.59. The Morgan fingerprint density at radius 2 is 1.84 bits per heavy atom. The molecule has 0 saturated carbocycles. The van der Waals surface area contributed by atoms with E-state index in [0.29, 0.717) is 12.3 Å². The average Bonchev–Trinajstić information content (AvgIpc) is 2.60. The van der Waals surface area contributed by atoms with Gasteiger partial charge in [-0.05, 0) is 57.8 Å². The van der Waals surface area contributed by atoms with Crippen LogP contribution in [-0.2, 0) is 4.79 Å². The first-order valence-electron chi connectivity index (χ1n) is 7.90. The van der Waals surface area contributed by atoms with Crippen LogP contribution in [0.1, 0.15) is 44.9 Å². The molecule has 0 radical (unpaired) electrons. The van der Waals surface area contributed by atoms with E-state index in [0.717, 1.165) is 32.6 Å². The van der Waals surface area contributed by atoms with Gasteiger partial charge in [0, 0.05) is 12.1 Å². The molecule has 3 heterocycles. The molecule has 3 unspecified atom stereocenters. The number of aliphatic carboxylic acids is 1. The highest BCUT2D eigenvalue weighted by Gasteiger charge is 2.50. The van der Waals surface area contributed by atoms with Gasteiger partial charge in [0.25, 0.3) is 0 Å². The van der Waals surface area contributed by atoms with E-state index < -0.39 is 5.97 Å². The minimum absolute atomic E-state index is 0.0385. The van der Waals surface area contributed by atoms with Gasteiger partial charge in [0.05, 0.1) is 6.42 Å². The maximum atomic E-state index is 11.4. The predicted octanol–water partition coefficient (Wildman–Crippen LogP) is 1.80. The Morgan fingerprint density at radius 1 is 1.11 bits per heavy atom. The fraction of sp³-hybridized carbons (Fsp3) is 0.933. The quantitative estimate of drug-likeness (QED) is 0.846. The van der Waals surface area contributed by atoms with Crippen molar-refractivity contribution in [3.8, 4) is 0 Å². The first-order chi connectivity index (χ1) is 9.21. The van der Waals surface area contributed by atoms with E-state index in [2.05, 4.69) is 9.80 Å². The predicted molar refractivity (Wildman–Crippen MR) is 74.2 cm³/mol. The molecule has 3 aliphatic heterocycles. The zero-order valence-corrected chi connectivity index (χ0v) is 11.8. The summed E-state index contributed by atoms with van der Waals surface area (Å²) in [7, 11) is 0. The summed E-state index contributed by atoms with van der Waals surface area (Å²) in [6.07, 6.45) is 7.74. The van der Waals surface area contributed by atoms with E-state index in [1.54, 1.807) is 0 Å². The van der Waals surface area contributed by atoms with Gasteiger partial charge in [-0.1, -0.05) is 12.8 Å². The van der Waals surface area contributed by atoms with Crippen LogP contribution in [0.2, 0.25) is 0 Å². The van der Waals surface area contributed by atoms with E-state index in [-0.39, 0.29) is 5.54 Å². The smallest absolute Gasteiger partial charge is 0.305 e. The van der Waals surface area contributed by atoms with Crippen LogP contribution >= 0.6 is 0 Å². The molecule has 3 saturated heterocycles. The number of piperidine rings is 1. The monoisotopic (exact) mass is 266 g/mol.